The number of para-hydroxylation sites is 1. The number of phenols is 4. The highest BCUT2D eigenvalue weighted by molar-refractivity contribution is 6.15. The van der Waals surface area contributed by atoms with Crippen LogP contribution in [0.4, 0.5) is 0 Å². The maximum absolute atomic E-state index is 12.1. The van der Waals surface area contributed by atoms with Crippen LogP contribution in [0.1, 0.15) is 15.9 Å². The van der Waals surface area contributed by atoms with Crippen LogP contribution < -0.4 is 4.74 Å². The van der Waals surface area contributed by atoms with Gasteiger partial charge in [-0.25, -0.2) is 0 Å². The van der Waals surface area contributed by atoms with Gasteiger partial charge in [-0.05, 0) is 18.2 Å². The summed E-state index contributed by atoms with van der Waals surface area (Å²) in [7, 11) is 0. The molecule has 2 aromatic rings. The number of ether oxygens (including phenoxy) is 1. The smallest absolute Gasteiger partial charge is 0.232 e. The minimum absolute atomic E-state index is 0.0338. The van der Waals surface area contributed by atoms with Gasteiger partial charge in [0, 0.05) is 12.1 Å². The normalized spacial score (nSPS) is 15.0. The van der Waals surface area contributed by atoms with Crippen LogP contribution in [0.3, 0.4) is 0 Å². The topological polar surface area (TPSA) is 107 Å². The zero-order chi connectivity index (χ0) is 15.1. The van der Waals surface area contributed by atoms with E-state index in [1.165, 1.54) is 18.2 Å². The van der Waals surface area contributed by atoms with Gasteiger partial charge in [-0.3, -0.25) is 4.79 Å². The Labute approximate surface area is 118 Å². The van der Waals surface area contributed by atoms with Gasteiger partial charge in [0.05, 0.1) is 11.1 Å². The van der Waals surface area contributed by atoms with E-state index < -0.39 is 17.3 Å². The van der Waals surface area contributed by atoms with Crippen LogP contribution in [0, 0.1) is 0 Å². The van der Waals surface area contributed by atoms with Crippen molar-refractivity contribution in [1.82, 2.24) is 0 Å². The highest BCUT2D eigenvalue weighted by Gasteiger charge is 2.30. The van der Waals surface area contributed by atoms with Gasteiger partial charge in [0.1, 0.15) is 17.2 Å². The van der Waals surface area contributed by atoms with Gasteiger partial charge in [0.25, 0.3) is 0 Å². The number of fused-ring (bicyclic) bond motifs is 1. The maximum atomic E-state index is 12.1. The largest absolute Gasteiger partial charge is 0.508 e. The van der Waals surface area contributed by atoms with Crippen molar-refractivity contribution in [3.8, 4) is 28.7 Å². The van der Waals surface area contributed by atoms with Crippen molar-refractivity contribution in [2.24, 2.45) is 0 Å². The molecule has 1 heterocycles. The Balaban J connectivity index is 2.08. The Morgan fingerprint density at radius 1 is 0.952 bits per heavy atom. The van der Waals surface area contributed by atoms with Crippen molar-refractivity contribution < 1.29 is 30.0 Å². The lowest BCUT2D eigenvalue weighted by atomic mass is 10.1. The number of hydrogen-bond donors (Lipinski definition) is 4. The summed E-state index contributed by atoms with van der Waals surface area (Å²) in [6.45, 7) is 0. The minimum Gasteiger partial charge on any atom is -0.508 e. The minimum atomic E-state index is -0.479. The van der Waals surface area contributed by atoms with Crippen LogP contribution in [0.15, 0.2) is 36.1 Å². The van der Waals surface area contributed by atoms with Crippen LogP contribution in [-0.2, 0) is 0 Å². The van der Waals surface area contributed by atoms with Crippen LogP contribution in [0.5, 0.6) is 28.7 Å². The molecule has 6 nitrogen and oxygen atoms in total. The SMILES string of the molecule is O=C1/C(=C/c2c(O)cc(O)cc2O)Oc2c(O)cccc21. The third-order valence-electron chi connectivity index (χ3n) is 3.07. The van der Waals surface area contributed by atoms with Crippen molar-refractivity contribution >= 4 is 11.9 Å². The van der Waals surface area contributed by atoms with Gasteiger partial charge < -0.3 is 25.2 Å². The molecule has 0 spiro atoms. The molecule has 1 aliphatic rings. The second-order valence-electron chi connectivity index (χ2n) is 4.49. The third-order valence-corrected chi connectivity index (χ3v) is 3.07. The van der Waals surface area contributed by atoms with Crippen LogP contribution >= 0.6 is 0 Å². The number of carbonyl (C=O) groups excluding carboxylic acids is 1. The van der Waals surface area contributed by atoms with Gasteiger partial charge in [-0.1, -0.05) is 6.07 Å². The number of benzene rings is 2. The molecule has 0 saturated carbocycles. The molecule has 3 rings (SSSR count). The van der Waals surface area contributed by atoms with Crippen molar-refractivity contribution in [2.45, 2.75) is 0 Å². The van der Waals surface area contributed by atoms with E-state index in [9.17, 15) is 25.2 Å². The molecule has 0 atom stereocenters. The molecular formula is C15H10O6. The standard InChI is InChI=1S/C15H10O6/c16-7-4-11(18)9(12(19)5-7)6-13-14(20)8-2-1-3-10(17)15(8)21-13/h1-6,16-19H/b13-6-. The Morgan fingerprint density at radius 3 is 2.24 bits per heavy atom. The molecule has 0 amide bonds. The van der Waals surface area contributed by atoms with Crippen LogP contribution in [-0.4, -0.2) is 26.2 Å². The summed E-state index contributed by atoms with van der Waals surface area (Å²) in [5, 5.41) is 38.3. The summed E-state index contributed by atoms with van der Waals surface area (Å²) in [5.74, 6) is -1.90. The molecule has 4 N–H and O–H groups in total. The molecule has 0 fully saturated rings. The first kappa shape index (κ1) is 12.9. The molecule has 0 unspecified atom stereocenters. The molecule has 2 aromatic carbocycles. The number of allylic oxidation sites excluding steroid dienone is 1. The summed E-state index contributed by atoms with van der Waals surface area (Å²) < 4.78 is 5.27. The molecule has 106 valence electrons. The summed E-state index contributed by atoms with van der Waals surface area (Å²) in [6, 6.07) is 6.43. The zero-order valence-corrected chi connectivity index (χ0v) is 10.6. The van der Waals surface area contributed by atoms with Gasteiger partial charge in [0.2, 0.25) is 5.78 Å². The van der Waals surface area contributed by atoms with Crippen LogP contribution in [0.25, 0.3) is 6.08 Å². The first-order valence-electron chi connectivity index (χ1n) is 5.98. The summed E-state index contributed by atoms with van der Waals surface area (Å²) in [6.07, 6.45) is 1.14. The lowest BCUT2D eigenvalue weighted by Gasteiger charge is -2.05. The molecule has 0 aliphatic carbocycles. The molecular weight excluding hydrogens is 276 g/mol. The quantitative estimate of drug-likeness (QED) is 0.598. The fourth-order valence-electron chi connectivity index (χ4n) is 2.08. The summed E-state index contributed by atoms with van der Waals surface area (Å²) in [5.41, 5.74) is 0.127. The first-order chi connectivity index (χ1) is 9.97. The van der Waals surface area contributed by atoms with Gasteiger partial charge in [0.15, 0.2) is 17.3 Å². The predicted molar refractivity (Wildman–Crippen MR) is 72.5 cm³/mol. The Kier molecular flexibility index (Phi) is 2.72. The summed E-state index contributed by atoms with van der Waals surface area (Å²) in [4.78, 5) is 12.1. The number of Topliss-reactive ketones (excluding diaryl/α,β-unsaturated/α-hetero) is 1. The Hall–Kier alpha value is -3.15. The predicted octanol–water partition coefficient (Wildman–Crippen LogP) is 2.13. The van der Waals surface area contributed by atoms with Crippen molar-refractivity contribution in [1.29, 1.82) is 0 Å². The second-order valence-corrected chi connectivity index (χ2v) is 4.49. The van der Waals surface area contributed by atoms with Crippen LogP contribution in [0.2, 0.25) is 0 Å². The number of rotatable bonds is 1. The third kappa shape index (κ3) is 2.02. The lowest BCUT2D eigenvalue weighted by Crippen LogP contribution is -1.98. The van der Waals surface area contributed by atoms with E-state index in [1.807, 2.05) is 0 Å². The van der Waals surface area contributed by atoms with Crippen molar-refractivity contribution in [3.63, 3.8) is 0 Å². The fourth-order valence-corrected chi connectivity index (χ4v) is 2.08. The number of aromatic hydroxyl groups is 4. The van der Waals surface area contributed by atoms with E-state index in [2.05, 4.69) is 0 Å². The van der Waals surface area contributed by atoms with Gasteiger partial charge >= 0.3 is 0 Å². The molecule has 0 radical (unpaired) electrons. The summed E-state index contributed by atoms with van der Waals surface area (Å²) >= 11 is 0. The monoisotopic (exact) mass is 286 g/mol. The van der Waals surface area contributed by atoms with E-state index in [-0.39, 0.29) is 34.1 Å². The molecule has 0 aromatic heterocycles. The molecule has 21 heavy (non-hydrogen) atoms. The van der Waals surface area contributed by atoms with E-state index in [1.54, 1.807) is 0 Å². The lowest BCUT2D eigenvalue weighted by molar-refractivity contribution is 0.101. The average molecular weight is 286 g/mol. The highest BCUT2D eigenvalue weighted by atomic mass is 16.5. The van der Waals surface area contributed by atoms with Gasteiger partial charge in [-0.2, -0.15) is 0 Å². The maximum Gasteiger partial charge on any atom is 0.232 e. The Morgan fingerprint density at radius 2 is 1.62 bits per heavy atom. The van der Waals surface area contributed by atoms with E-state index in [0.29, 0.717) is 0 Å². The van der Waals surface area contributed by atoms with E-state index in [4.69, 9.17) is 4.74 Å². The molecule has 0 saturated heterocycles. The highest BCUT2D eigenvalue weighted by Crippen LogP contribution is 2.40. The van der Waals surface area contributed by atoms with Crippen molar-refractivity contribution in [3.05, 3.63) is 47.2 Å². The average Bonchev–Trinajstić information content (AvgIpc) is 2.73. The first-order valence-corrected chi connectivity index (χ1v) is 5.98. The number of phenolic OH excluding ortho intramolecular Hbond substituents is 4. The second kappa shape index (κ2) is 4.45. The van der Waals surface area contributed by atoms with Crippen molar-refractivity contribution in [2.75, 3.05) is 0 Å². The van der Waals surface area contributed by atoms with E-state index in [0.717, 1.165) is 18.2 Å². The molecule has 6 heteroatoms. The number of carbonyl (C=O) groups is 1. The zero-order valence-electron chi connectivity index (χ0n) is 10.6. The fraction of sp³-hybridized carbons (Fsp3) is 0. The molecule has 1 aliphatic heterocycles. The number of hydrogen-bond acceptors (Lipinski definition) is 6. The Bertz CT molecular complexity index is 768. The number of ketones is 1. The molecule has 0 bridgehead atoms. The van der Waals surface area contributed by atoms with Gasteiger partial charge in [-0.15, -0.1) is 0 Å². The van der Waals surface area contributed by atoms with E-state index >= 15 is 0 Å².